The fourth-order valence-corrected chi connectivity index (χ4v) is 1.44. The summed E-state index contributed by atoms with van der Waals surface area (Å²) in [5, 5.41) is 0. The maximum atomic E-state index is 11.0. The molecule has 0 unspecified atom stereocenters. The second-order valence-electron chi connectivity index (χ2n) is 4.29. The van der Waals surface area contributed by atoms with Crippen molar-refractivity contribution in [1.82, 2.24) is 0 Å². The van der Waals surface area contributed by atoms with Crippen LogP contribution in [0.15, 0.2) is 42.1 Å². The van der Waals surface area contributed by atoms with Gasteiger partial charge in [0.1, 0.15) is 5.70 Å². The van der Waals surface area contributed by atoms with Crippen LogP contribution in [0.3, 0.4) is 0 Å². The van der Waals surface area contributed by atoms with Gasteiger partial charge in [-0.1, -0.05) is 50.3 Å². The summed E-state index contributed by atoms with van der Waals surface area (Å²) in [6.45, 7) is 4.31. The summed E-state index contributed by atoms with van der Waals surface area (Å²) in [7, 11) is 1.30. The summed E-state index contributed by atoms with van der Waals surface area (Å²) in [6, 6.07) is 8.26. The maximum absolute atomic E-state index is 11.0. The van der Waals surface area contributed by atoms with Crippen LogP contribution in [0.1, 0.15) is 30.9 Å². The van der Waals surface area contributed by atoms with E-state index in [0.717, 1.165) is 5.56 Å². The highest BCUT2D eigenvalue weighted by molar-refractivity contribution is 5.87. The van der Waals surface area contributed by atoms with Crippen LogP contribution in [0, 0.1) is 0 Å². The van der Waals surface area contributed by atoms with E-state index in [-0.39, 0.29) is 5.70 Å². The average Bonchev–Trinajstić information content (AvgIpc) is 2.38. The van der Waals surface area contributed by atoms with Crippen molar-refractivity contribution < 1.29 is 9.53 Å². The smallest absolute Gasteiger partial charge is 0.353 e. The number of carbonyl (C=O) groups excluding carboxylic acids is 1. The Hall–Kier alpha value is -2.03. The summed E-state index contributed by atoms with van der Waals surface area (Å²) >= 11 is 0. The minimum absolute atomic E-state index is 0.0903. The van der Waals surface area contributed by atoms with E-state index in [2.05, 4.69) is 30.7 Å². The fraction of sp³-hybridized carbons (Fsp3) is 0.267. The molecule has 1 aromatic carbocycles. The lowest BCUT2D eigenvalue weighted by atomic mass is 10.0. The lowest BCUT2D eigenvalue weighted by Gasteiger charge is -2.04. The highest BCUT2D eigenvalue weighted by Gasteiger charge is 2.01. The standard InChI is InChI=1S/C15H19NO2/c1-11(2)13-9-7-12(8-10-13)5-4-6-14(16)15(17)18-3/h4-11H,16H2,1-3H3/b5-4+,14-6-. The van der Waals surface area contributed by atoms with E-state index in [0.29, 0.717) is 5.92 Å². The Bertz CT molecular complexity index is 456. The van der Waals surface area contributed by atoms with E-state index >= 15 is 0 Å². The van der Waals surface area contributed by atoms with Crippen molar-refractivity contribution in [1.29, 1.82) is 0 Å². The van der Waals surface area contributed by atoms with Gasteiger partial charge in [0.05, 0.1) is 7.11 Å². The Morgan fingerprint density at radius 3 is 2.39 bits per heavy atom. The lowest BCUT2D eigenvalue weighted by Crippen LogP contribution is -2.12. The summed E-state index contributed by atoms with van der Waals surface area (Å²) in [5.41, 5.74) is 7.95. The third-order valence-corrected chi connectivity index (χ3v) is 2.59. The zero-order chi connectivity index (χ0) is 13.5. The van der Waals surface area contributed by atoms with Crippen molar-refractivity contribution in [3.8, 4) is 0 Å². The van der Waals surface area contributed by atoms with Crippen molar-refractivity contribution in [2.24, 2.45) is 5.73 Å². The van der Waals surface area contributed by atoms with Gasteiger partial charge in [0.15, 0.2) is 0 Å². The van der Waals surface area contributed by atoms with Crippen molar-refractivity contribution in [3.63, 3.8) is 0 Å². The first-order valence-corrected chi connectivity index (χ1v) is 5.86. The second kappa shape index (κ2) is 6.64. The van der Waals surface area contributed by atoms with Gasteiger partial charge in [0.2, 0.25) is 0 Å². The number of benzene rings is 1. The molecule has 1 rings (SSSR count). The van der Waals surface area contributed by atoms with Gasteiger partial charge in [-0.2, -0.15) is 0 Å². The molecule has 2 N–H and O–H groups in total. The van der Waals surface area contributed by atoms with E-state index in [1.807, 2.05) is 18.2 Å². The predicted octanol–water partition coefficient (Wildman–Crippen LogP) is 2.84. The first-order chi connectivity index (χ1) is 8.54. The van der Waals surface area contributed by atoms with Crippen LogP contribution in [0.2, 0.25) is 0 Å². The van der Waals surface area contributed by atoms with Crippen LogP contribution in [0.25, 0.3) is 6.08 Å². The third-order valence-electron chi connectivity index (χ3n) is 2.59. The average molecular weight is 245 g/mol. The van der Waals surface area contributed by atoms with Gasteiger partial charge in [-0.3, -0.25) is 0 Å². The van der Waals surface area contributed by atoms with E-state index in [9.17, 15) is 4.79 Å². The number of rotatable bonds is 4. The number of carbonyl (C=O) groups is 1. The maximum Gasteiger partial charge on any atom is 0.353 e. The van der Waals surface area contributed by atoms with Gasteiger partial charge in [-0.25, -0.2) is 4.79 Å². The molecule has 3 nitrogen and oxygen atoms in total. The van der Waals surface area contributed by atoms with Crippen LogP contribution < -0.4 is 5.73 Å². The van der Waals surface area contributed by atoms with Gasteiger partial charge >= 0.3 is 5.97 Å². The summed E-state index contributed by atoms with van der Waals surface area (Å²) in [6.07, 6.45) is 5.15. The third kappa shape index (κ3) is 4.09. The van der Waals surface area contributed by atoms with Crippen molar-refractivity contribution in [3.05, 3.63) is 53.2 Å². The number of methoxy groups -OCH3 is 1. The molecule has 0 aliphatic rings. The molecular formula is C15H19NO2. The lowest BCUT2D eigenvalue weighted by molar-refractivity contribution is -0.136. The van der Waals surface area contributed by atoms with Crippen molar-refractivity contribution >= 4 is 12.0 Å². The number of hydrogen-bond donors (Lipinski definition) is 1. The van der Waals surface area contributed by atoms with Crippen LogP contribution in [-0.4, -0.2) is 13.1 Å². The van der Waals surface area contributed by atoms with Gasteiger partial charge in [0, 0.05) is 0 Å². The molecule has 96 valence electrons. The van der Waals surface area contributed by atoms with Crippen molar-refractivity contribution in [2.45, 2.75) is 19.8 Å². The van der Waals surface area contributed by atoms with Crippen LogP contribution >= 0.6 is 0 Å². The van der Waals surface area contributed by atoms with Gasteiger partial charge in [0.25, 0.3) is 0 Å². The molecule has 0 saturated heterocycles. The summed E-state index contributed by atoms with van der Waals surface area (Å²) in [4.78, 5) is 11.0. The minimum atomic E-state index is -0.519. The van der Waals surface area contributed by atoms with Crippen molar-refractivity contribution in [2.75, 3.05) is 7.11 Å². The highest BCUT2D eigenvalue weighted by Crippen LogP contribution is 2.15. The monoisotopic (exact) mass is 245 g/mol. The molecule has 0 fully saturated rings. The largest absolute Gasteiger partial charge is 0.464 e. The first-order valence-electron chi connectivity index (χ1n) is 5.86. The molecule has 0 bridgehead atoms. The van der Waals surface area contributed by atoms with Gasteiger partial charge in [-0.05, 0) is 23.1 Å². The molecule has 18 heavy (non-hydrogen) atoms. The number of allylic oxidation sites excluding steroid dienone is 2. The number of hydrogen-bond acceptors (Lipinski definition) is 3. The Kier molecular flexibility index (Phi) is 5.18. The number of ether oxygens (including phenoxy) is 1. The van der Waals surface area contributed by atoms with E-state index in [4.69, 9.17) is 5.73 Å². The molecule has 0 amide bonds. The van der Waals surface area contributed by atoms with Gasteiger partial charge in [-0.15, -0.1) is 0 Å². The van der Waals surface area contributed by atoms with E-state index in [1.54, 1.807) is 6.08 Å². The molecule has 0 aliphatic carbocycles. The SMILES string of the molecule is COC(=O)/C(N)=C/C=C/c1ccc(C(C)C)cc1. The molecule has 1 aromatic rings. The number of nitrogens with two attached hydrogens (primary N) is 1. The minimum Gasteiger partial charge on any atom is -0.464 e. The zero-order valence-electron chi connectivity index (χ0n) is 11.0. The summed E-state index contributed by atoms with van der Waals surface area (Å²) < 4.78 is 4.49. The molecule has 0 aromatic heterocycles. The summed E-state index contributed by atoms with van der Waals surface area (Å²) in [5.74, 6) is 0.00713. The second-order valence-corrected chi connectivity index (χ2v) is 4.29. The Morgan fingerprint density at radius 1 is 1.28 bits per heavy atom. The molecular weight excluding hydrogens is 226 g/mol. The molecule has 0 saturated carbocycles. The van der Waals surface area contributed by atoms with Crippen LogP contribution in [0.5, 0.6) is 0 Å². The predicted molar refractivity (Wildman–Crippen MR) is 73.9 cm³/mol. The van der Waals surface area contributed by atoms with E-state index in [1.165, 1.54) is 18.7 Å². The first kappa shape index (κ1) is 14.0. The van der Waals surface area contributed by atoms with E-state index < -0.39 is 5.97 Å². The molecule has 0 spiro atoms. The van der Waals surface area contributed by atoms with Crippen LogP contribution in [0.4, 0.5) is 0 Å². The Balaban J connectivity index is 2.70. The molecule has 0 heterocycles. The zero-order valence-corrected chi connectivity index (χ0v) is 11.0. The topological polar surface area (TPSA) is 52.3 Å². The molecule has 0 radical (unpaired) electrons. The van der Waals surface area contributed by atoms with Crippen LogP contribution in [-0.2, 0) is 9.53 Å². The van der Waals surface area contributed by atoms with Gasteiger partial charge < -0.3 is 10.5 Å². The number of esters is 1. The highest BCUT2D eigenvalue weighted by atomic mass is 16.5. The fourth-order valence-electron chi connectivity index (χ4n) is 1.44. The molecule has 0 atom stereocenters. The normalized spacial score (nSPS) is 12.1. The molecule has 3 heteroatoms. The Labute approximate surface area is 108 Å². The quantitative estimate of drug-likeness (QED) is 0.504. The Morgan fingerprint density at radius 2 is 1.89 bits per heavy atom. The molecule has 0 aliphatic heterocycles.